The summed E-state index contributed by atoms with van der Waals surface area (Å²) in [7, 11) is 1.07. The van der Waals surface area contributed by atoms with E-state index in [1.165, 1.54) is 19.1 Å². The molecular weight excluding hydrogens is 477 g/mol. The number of benzene rings is 1. The van der Waals surface area contributed by atoms with Gasteiger partial charge in [0.05, 0.1) is 12.6 Å². The van der Waals surface area contributed by atoms with Gasteiger partial charge in [0.15, 0.2) is 17.2 Å². The summed E-state index contributed by atoms with van der Waals surface area (Å²) in [6.45, 7) is 2.13. The molecule has 3 N–H and O–H groups in total. The molecule has 0 aliphatic carbocycles. The highest BCUT2D eigenvalue weighted by molar-refractivity contribution is 5.93. The van der Waals surface area contributed by atoms with Crippen molar-refractivity contribution in [2.75, 3.05) is 7.11 Å². The van der Waals surface area contributed by atoms with Gasteiger partial charge in [-0.2, -0.15) is 17.6 Å². The minimum Gasteiger partial charge on any atom is -0.493 e. The SMILES string of the molecule is COc1c([C@H]2[C@H](c3cc(=O)c4nc(C(N)=O)ccc4[nH]3)O[C@@](C)(C(F)(F)F)[C@H]2C)ccc(F)c1F. The molecule has 3 heterocycles. The Hall–Kier alpha value is -3.54. The van der Waals surface area contributed by atoms with Gasteiger partial charge in [-0.05, 0) is 25.1 Å². The number of halogens is 5. The van der Waals surface area contributed by atoms with E-state index in [2.05, 4.69) is 9.97 Å². The molecule has 3 aromatic rings. The molecule has 0 radical (unpaired) electrons. The van der Waals surface area contributed by atoms with Crippen LogP contribution in [0.25, 0.3) is 11.0 Å². The molecule has 0 spiro atoms. The van der Waals surface area contributed by atoms with Gasteiger partial charge in [-0.25, -0.2) is 9.37 Å². The Kier molecular flexibility index (Phi) is 5.82. The molecule has 1 aromatic carbocycles. The fourth-order valence-corrected chi connectivity index (χ4v) is 4.52. The number of primary amides is 1. The third-order valence-corrected chi connectivity index (χ3v) is 6.57. The Morgan fingerprint density at radius 2 is 1.91 bits per heavy atom. The molecule has 12 heteroatoms. The van der Waals surface area contributed by atoms with Gasteiger partial charge in [0.1, 0.15) is 17.3 Å². The molecule has 1 aliphatic rings. The Balaban J connectivity index is 1.94. The van der Waals surface area contributed by atoms with Crippen LogP contribution in [-0.2, 0) is 4.74 Å². The van der Waals surface area contributed by atoms with Crippen molar-refractivity contribution in [1.82, 2.24) is 9.97 Å². The molecule has 0 unspecified atom stereocenters. The predicted molar refractivity (Wildman–Crippen MR) is 114 cm³/mol. The van der Waals surface area contributed by atoms with Crippen LogP contribution in [0.3, 0.4) is 0 Å². The lowest BCUT2D eigenvalue weighted by Gasteiger charge is -2.32. The minimum absolute atomic E-state index is 0.0484. The number of H-pyrrole nitrogens is 1. The van der Waals surface area contributed by atoms with Crippen molar-refractivity contribution in [1.29, 1.82) is 0 Å². The average Bonchev–Trinajstić information content (AvgIpc) is 3.07. The highest BCUT2D eigenvalue weighted by atomic mass is 19.4. The van der Waals surface area contributed by atoms with Crippen LogP contribution in [-0.4, -0.2) is 34.8 Å². The molecule has 35 heavy (non-hydrogen) atoms. The third kappa shape index (κ3) is 3.81. The highest BCUT2D eigenvalue weighted by Crippen LogP contribution is 2.59. The second-order valence-corrected chi connectivity index (χ2v) is 8.49. The van der Waals surface area contributed by atoms with E-state index < -0.39 is 58.4 Å². The zero-order valence-corrected chi connectivity index (χ0v) is 18.7. The maximum atomic E-state index is 14.5. The quantitative estimate of drug-likeness (QED) is 0.528. The predicted octanol–water partition coefficient (Wildman–Crippen LogP) is 4.12. The van der Waals surface area contributed by atoms with Crippen molar-refractivity contribution in [3.8, 4) is 5.75 Å². The number of amides is 1. The van der Waals surface area contributed by atoms with Gasteiger partial charge < -0.3 is 20.2 Å². The summed E-state index contributed by atoms with van der Waals surface area (Å²) >= 11 is 0. The largest absolute Gasteiger partial charge is 0.493 e. The standard InChI is InChI=1S/C23H20F5N3O4/c1-9-16(10-4-5-11(24)17(25)19(10)34-3)20(35-22(9,2)23(26,27)28)14-8-15(32)18-12(30-14)6-7-13(31-18)21(29)33/h4-9,16,20H,1-3H3,(H2,29,33)(H,30,32)/t9-,16-,20-,22+/m0/s1. The van der Waals surface area contributed by atoms with E-state index in [1.54, 1.807) is 0 Å². The van der Waals surface area contributed by atoms with Crippen LogP contribution in [0.15, 0.2) is 35.1 Å². The first-order valence-corrected chi connectivity index (χ1v) is 10.4. The number of methoxy groups -OCH3 is 1. The van der Waals surface area contributed by atoms with Gasteiger partial charge >= 0.3 is 6.18 Å². The Morgan fingerprint density at radius 1 is 1.23 bits per heavy atom. The van der Waals surface area contributed by atoms with Gasteiger partial charge in [0.2, 0.25) is 11.2 Å². The summed E-state index contributed by atoms with van der Waals surface area (Å²) in [5.41, 5.74) is 1.48. The first kappa shape index (κ1) is 24.6. The molecule has 7 nitrogen and oxygen atoms in total. The fraction of sp³-hybridized carbons (Fsp3) is 0.348. The third-order valence-electron chi connectivity index (χ3n) is 6.57. The zero-order valence-electron chi connectivity index (χ0n) is 18.7. The maximum absolute atomic E-state index is 14.5. The summed E-state index contributed by atoms with van der Waals surface area (Å²) in [4.78, 5) is 30.9. The van der Waals surface area contributed by atoms with Gasteiger partial charge in [0.25, 0.3) is 5.91 Å². The van der Waals surface area contributed by atoms with E-state index in [9.17, 15) is 31.5 Å². The average molecular weight is 497 g/mol. The van der Waals surface area contributed by atoms with E-state index >= 15 is 0 Å². The van der Waals surface area contributed by atoms with Gasteiger partial charge in [0, 0.05) is 29.2 Å². The molecule has 4 atom stereocenters. The highest BCUT2D eigenvalue weighted by Gasteiger charge is 2.65. The molecule has 1 fully saturated rings. The van der Waals surface area contributed by atoms with Crippen molar-refractivity contribution < 1.29 is 36.2 Å². The van der Waals surface area contributed by atoms with Crippen LogP contribution in [0.5, 0.6) is 5.75 Å². The second kappa shape index (κ2) is 8.29. The summed E-state index contributed by atoms with van der Waals surface area (Å²) in [5, 5.41) is 0. The van der Waals surface area contributed by atoms with Crippen LogP contribution < -0.4 is 15.9 Å². The summed E-state index contributed by atoms with van der Waals surface area (Å²) in [6, 6.07) is 5.51. The number of pyridine rings is 2. The molecule has 186 valence electrons. The second-order valence-electron chi connectivity index (χ2n) is 8.49. The first-order chi connectivity index (χ1) is 16.3. The maximum Gasteiger partial charge on any atom is 0.417 e. The monoisotopic (exact) mass is 497 g/mol. The smallest absolute Gasteiger partial charge is 0.417 e. The number of carbonyl (C=O) groups excluding carboxylic acids is 1. The number of nitrogens with one attached hydrogen (secondary N) is 1. The Morgan fingerprint density at radius 3 is 2.51 bits per heavy atom. The van der Waals surface area contributed by atoms with Crippen LogP contribution in [0.2, 0.25) is 0 Å². The minimum atomic E-state index is -4.83. The number of aromatic nitrogens is 2. The lowest BCUT2D eigenvalue weighted by molar-refractivity contribution is -0.275. The van der Waals surface area contributed by atoms with Crippen LogP contribution >= 0.6 is 0 Å². The molecule has 2 aromatic heterocycles. The summed E-state index contributed by atoms with van der Waals surface area (Å²) < 4.78 is 81.3. The van der Waals surface area contributed by atoms with E-state index in [-0.39, 0.29) is 28.0 Å². The van der Waals surface area contributed by atoms with Crippen molar-refractivity contribution in [3.05, 3.63) is 69.1 Å². The fourth-order valence-electron chi connectivity index (χ4n) is 4.52. The molecule has 4 rings (SSSR count). The summed E-state index contributed by atoms with van der Waals surface area (Å²) in [5.74, 6) is -6.51. The summed E-state index contributed by atoms with van der Waals surface area (Å²) in [6.07, 6.45) is -6.26. The van der Waals surface area contributed by atoms with Crippen LogP contribution in [0.1, 0.15) is 47.6 Å². The first-order valence-electron chi connectivity index (χ1n) is 10.4. The number of nitrogens with two attached hydrogens (primary N) is 1. The number of ether oxygens (including phenoxy) is 2. The van der Waals surface area contributed by atoms with E-state index in [4.69, 9.17) is 15.2 Å². The van der Waals surface area contributed by atoms with Gasteiger partial charge in [-0.3, -0.25) is 9.59 Å². The molecular formula is C23H20F5N3O4. The lowest BCUT2D eigenvalue weighted by Crippen LogP contribution is -2.46. The topological polar surface area (TPSA) is 107 Å². The van der Waals surface area contributed by atoms with Crippen molar-refractivity contribution in [2.24, 2.45) is 11.7 Å². The van der Waals surface area contributed by atoms with Crippen LogP contribution in [0.4, 0.5) is 22.0 Å². The molecule has 1 aliphatic heterocycles. The number of alkyl halides is 3. The molecule has 1 saturated heterocycles. The number of rotatable bonds is 4. The van der Waals surface area contributed by atoms with Crippen molar-refractivity contribution in [2.45, 2.75) is 37.6 Å². The van der Waals surface area contributed by atoms with E-state index in [0.29, 0.717) is 0 Å². The molecule has 1 amide bonds. The lowest BCUT2D eigenvalue weighted by atomic mass is 9.76. The van der Waals surface area contributed by atoms with E-state index in [0.717, 1.165) is 32.2 Å². The van der Waals surface area contributed by atoms with E-state index in [1.807, 2.05) is 0 Å². The van der Waals surface area contributed by atoms with Crippen molar-refractivity contribution >= 4 is 16.9 Å². The number of nitrogens with zero attached hydrogens (tertiary/aromatic N) is 1. The Labute approximate surface area is 195 Å². The number of carbonyl (C=O) groups is 1. The van der Waals surface area contributed by atoms with Crippen LogP contribution in [0, 0.1) is 17.6 Å². The van der Waals surface area contributed by atoms with Gasteiger partial charge in [-0.15, -0.1) is 0 Å². The molecule has 0 bridgehead atoms. The number of aromatic amines is 1. The Bertz CT molecular complexity index is 1390. The normalized spacial score (nSPS) is 24.6. The van der Waals surface area contributed by atoms with Gasteiger partial charge in [-0.1, -0.05) is 13.0 Å². The number of hydrogen-bond acceptors (Lipinski definition) is 5. The number of hydrogen-bond donors (Lipinski definition) is 2. The molecule has 0 saturated carbocycles. The van der Waals surface area contributed by atoms with Crippen molar-refractivity contribution in [3.63, 3.8) is 0 Å². The number of fused-ring (bicyclic) bond motifs is 1. The zero-order chi connectivity index (χ0) is 25.9.